The molecule has 2 heterocycles. The molecule has 0 fully saturated rings. The van der Waals surface area contributed by atoms with Gasteiger partial charge >= 0.3 is 0 Å². The zero-order valence-corrected chi connectivity index (χ0v) is 10.8. The molecular formula is C14H7ClFN3O. The van der Waals surface area contributed by atoms with E-state index in [0.717, 1.165) is 0 Å². The number of aromatic nitrogens is 3. The van der Waals surface area contributed by atoms with Gasteiger partial charge in [0.1, 0.15) is 5.82 Å². The first-order chi connectivity index (χ1) is 9.65. The van der Waals surface area contributed by atoms with Crippen molar-refractivity contribution >= 4 is 44.2 Å². The molecule has 0 aliphatic carbocycles. The second kappa shape index (κ2) is 3.80. The van der Waals surface area contributed by atoms with Crippen molar-refractivity contribution in [2.24, 2.45) is 0 Å². The highest BCUT2D eigenvalue weighted by atomic mass is 35.5. The van der Waals surface area contributed by atoms with Crippen LogP contribution in [0.15, 0.2) is 35.3 Å². The number of nitrogens with one attached hydrogen (secondary N) is 2. The first kappa shape index (κ1) is 11.4. The molecule has 0 unspecified atom stereocenters. The summed E-state index contributed by atoms with van der Waals surface area (Å²) < 4.78 is 13.5. The van der Waals surface area contributed by atoms with E-state index in [1.54, 1.807) is 12.1 Å². The Morgan fingerprint density at radius 3 is 2.85 bits per heavy atom. The van der Waals surface area contributed by atoms with Crippen LogP contribution in [0.4, 0.5) is 4.39 Å². The summed E-state index contributed by atoms with van der Waals surface area (Å²) in [6.45, 7) is 0. The van der Waals surface area contributed by atoms with Crippen LogP contribution >= 0.6 is 11.6 Å². The molecule has 0 atom stereocenters. The number of H-pyrrole nitrogens is 2. The summed E-state index contributed by atoms with van der Waals surface area (Å²) in [5, 5.41) is 2.54. The van der Waals surface area contributed by atoms with Crippen molar-refractivity contribution in [1.82, 2.24) is 15.0 Å². The molecule has 2 N–H and O–H groups in total. The Labute approximate surface area is 116 Å². The molecule has 4 nitrogen and oxygen atoms in total. The zero-order valence-electron chi connectivity index (χ0n) is 10.00. The number of nitrogens with zero attached hydrogens (tertiary/aromatic N) is 1. The molecule has 0 bridgehead atoms. The summed E-state index contributed by atoms with van der Waals surface area (Å²) in [4.78, 5) is 21.9. The minimum Gasteiger partial charge on any atom is -0.329 e. The summed E-state index contributed by atoms with van der Waals surface area (Å²) in [6.07, 6.45) is 1.54. The molecule has 2 aromatic carbocycles. The summed E-state index contributed by atoms with van der Waals surface area (Å²) >= 11 is 5.93. The molecule has 0 radical (unpaired) electrons. The van der Waals surface area contributed by atoms with E-state index >= 15 is 0 Å². The smallest absolute Gasteiger partial charge is 0.256 e. The first-order valence-corrected chi connectivity index (χ1v) is 6.31. The van der Waals surface area contributed by atoms with Gasteiger partial charge in [0, 0.05) is 22.4 Å². The van der Waals surface area contributed by atoms with Crippen LogP contribution in [0.25, 0.3) is 32.6 Å². The van der Waals surface area contributed by atoms with Gasteiger partial charge < -0.3 is 9.97 Å². The molecule has 0 aliphatic heterocycles. The van der Waals surface area contributed by atoms with E-state index in [9.17, 15) is 9.18 Å². The quantitative estimate of drug-likeness (QED) is 0.487. The standard InChI is InChI=1S/C14H7ClFN3O/c15-14-18-11-7-2-1-6(16)5-9(7)10-8(12(11)19-14)3-4-17-13(10)20/h1-5H,(H,17,20)(H,18,19). The van der Waals surface area contributed by atoms with E-state index < -0.39 is 5.82 Å². The van der Waals surface area contributed by atoms with Crippen molar-refractivity contribution in [3.63, 3.8) is 0 Å². The average Bonchev–Trinajstić information content (AvgIpc) is 2.80. The molecule has 0 amide bonds. The van der Waals surface area contributed by atoms with Crippen molar-refractivity contribution in [2.75, 3.05) is 0 Å². The summed E-state index contributed by atoms with van der Waals surface area (Å²) in [6, 6.07) is 6.05. The Kier molecular flexibility index (Phi) is 2.17. The predicted octanol–water partition coefficient (Wildman–Crippen LogP) is 3.35. The average molecular weight is 288 g/mol. The number of halogens is 2. The Morgan fingerprint density at radius 2 is 2.00 bits per heavy atom. The van der Waals surface area contributed by atoms with Crippen molar-refractivity contribution in [2.45, 2.75) is 0 Å². The molecule has 20 heavy (non-hydrogen) atoms. The van der Waals surface area contributed by atoms with Crippen LogP contribution in [-0.2, 0) is 0 Å². The Balaban J connectivity index is 2.48. The maximum Gasteiger partial charge on any atom is 0.256 e. The summed E-state index contributed by atoms with van der Waals surface area (Å²) in [5.41, 5.74) is 1.03. The Hall–Kier alpha value is -2.40. The van der Waals surface area contributed by atoms with Crippen LogP contribution in [0, 0.1) is 5.82 Å². The number of pyridine rings is 1. The fourth-order valence-electron chi connectivity index (χ4n) is 2.62. The number of hydrogen-bond acceptors (Lipinski definition) is 2. The second-order valence-corrected chi connectivity index (χ2v) is 4.89. The van der Waals surface area contributed by atoms with Gasteiger partial charge in [-0.25, -0.2) is 9.37 Å². The maximum absolute atomic E-state index is 13.5. The molecule has 98 valence electrons. The minimum atomic E-state index is -0.396. The van der Waals surface area contributed by atoms with E-state index in [-0.39, 0.29) is 10.8 Å². The van der Waals surface area contributed by atoms with Crippen LogP contribution in [0.3, 0.4) is 0 Å². The maximum atomic E-state index is 13.5. The SMILES string of the molecule is O=c1[nH]ccc2c3nc(Cl)[nH]c3c3ccc(F)cc3c12. The monoisotopic (exact) mass is 287 g/mol. The van der Waals surface area contributed by atoms with Crippen LogP contribution in [0.1, 0.15) is 0 Å². The van der Waals surface area contributed by atoms with Gasteiger partial charge in [0.05, 0.1) is 16.4 Å². The van der Waals surface area contributed by atoms with E-state index in [0.29, 0.717) is 32.6 Å². The third-order valence-electron chi connectivity index (χ3n) is 3.41. The number of rotatable bonds is 0. The molecule has 4 aromatic rings. The largest absolute Gasteiger partial charge is 0.329 e. The topological polar surface area (TPSA) is 61.5 Å². The van der Waals surface area contributed by atoms with Gasteiger partial charge in [0.25, 0.3) is 5.56 Å². The van der Waals surface area contributed by atoms with Crippen molar-refractivity contribution in [3.8, 4) is 0 Å². The van der Waals surface area contributed by atoms with E-state index in [2.05, 4.69) is 15.0 Å². The lowest BCUT2D eigenvalue weighted by Crippen LogP contribution is -2.05. The Bertz CT molecular complexity index is 1050. The number of fused-ring (bicyclic) bond motifs is 6. The Morgan fingerprint density at radius 1 is 1.15 bits per heavy atom. The predicted molar refractivity (Wildman–Crippen MR) is 76.7 cm³/mol. The molecule has 0 aliphatic rings. The van der Waals surface area contributed by atoms with Gasteiger partial charge in [-0.1, -0.05) is 0 Å². The van der Waals surface area contributed by atoms with Gasteiger partial charge in [-0.05, 0) is 35.9 Å². The van der Waals surface area contributed by atoms with Crippen LogP contribution in [0.5, 0.6) is 0 Å². The molecule has 0 saturated carbocycles. The van der Waals surface area contributed by atoms with Gasteiger partial charge in [-0.2, -0.15) is 0 Å². The van der Waals surface area contributed by atoms with Crippen LogP contribution in [0.2, 0.25) is 5.28 Å². The van der Waals surface area contributed by atoms with E-state index in [1.165, 1.54) is 18.3 Å². The summed E-state index contributed by atoms with van der Waals surface area (Å²) in [5.74, 6) is -0.396. The van der Waals surface area contributed by atoms with Crippen molar-refractivity contribution in [3.05, 3.63) is 51.9 Å². The van der Waals surface area contributed by atoms with Gasteiger partial charge in [0.2, 0.25) is 5.28 Å². The van der Waals surface area contributed by atoms with Crippen LogP contribution in [-0.4, -0.2) is 15.0 Å². The summed E-state index contributed by atoms with van der Waals surface area (Å²) in [7, 11) is 0. The van der Waals surface area contributed by atoms with Gasteiger partial charge in [-0.3, -0.25) is 4.79 Å². The lowest BCUT2D eigenvalue weighted by atomic mass is 10.0. The number of aromatic amines is 2. The molecular weight excluding hydrogens is 281 g/mol. The fourth-order valence-corrected chi connectivity index (χ4v) is 2.80. The lowest BCUT2D eigenvalue weighted by Gasteiger charge is -2.05. The number of hydrogen-bond donors (Lipinski definition) is 2. The minimum absolute atomic E-state index is 0.235. The van der Waals surface area contributed by atoms with Crippen molar-refractivity contribution in [1.29, 1.82) is 0 Å². The highest BCUT2D eigenvalue weighted by Gasteiger charge is 2.14. The van der Waals surface area contributed by atoms with Crippen LogP contribution < -0.4 is 5.56 Å². The number of benzene rings is 2. The third kappa shape index (κ3) is 1.41. The highest BCUT2D eigenvalue weighted by Crippen LogP contribution is 2.32. The second-order valence-electron chi connectivity index (χ2n) is 4.54. The number of imidazole rings is 1. The molecule has 2 aromatic heterocycles. The van der Waals surface area contributed by atoms with Gasteiger partial charge in [0.15, 0.2) is 0 Å². The lowest BCUT2D eigenvalue weighted by molar-refractivity contribution is 0.630. The molecule has 6 heteroatoms. The van der Waals surface area contributed by atoms with Gasteiger partial charge in [-0.15, -0.1) is 0 Å². The fraction of sp³-hybridized carbons (Fsp3) is 0. The third-order valence-corrected chi connectivity index (χ3v) is 3.59. The first-order valence-electron chi connectivity index (χ1n) is 5.93. The zero-order chi connectivity index (χ0) is 13.9. The molecule has 0 saturated heterocycles. The highest BCUT2D eigenvalue weighted by molar-refractivity contribution is 6.31. The molecule has 0 spiro atoms. The van der Waals surface area contributed by atoms with Crippen molar-refractivity contribution < 1.29 is 4.39 Å². The molecule has 4 rings (SSSR count). The van der Waals surface area contributed by atoms with E-state index in [4.69, 9.17) is 11.6 Å². The normalized spacial score (nSPS) is 11.7. The van der Waals surface area contributed by atoms with E-state index in [1.807, 2.05) is 0 Å².